The van der Waals surface area contributed by atoms with Gasteiger partial charge in [0.1, 0.15) is 5.75 Å². The summed E-state index contributed by atoms with van der Waals surface area (Å²) < 4.78 is 0.507. The first-order valence-corrected chi connectivity index (χ1v) is 9.47. The molecule has 25 heavy (non-hydrogen) atoms. The van der Waals surface area contributed by atoms with E-state index in [0.717, 1.165) is 24.9 Å². The number of carbonyl (C=O) groups is 1. The molecule has 0 atom stereocenters. The van der Waals surface area contributed by atoms with Crippen LogP contribution in [0.3, 0.4) is 0 Å². The molecule has 2 aromatic carbocycles. The van der Waals surface area contributed by atoms with E-state index >= 15 is 0 Å². The van der Waals surface area contributed by atoms with Gasteiger partial charge in [-0.3, -0.25) is 9.69 Å². The first-order chi connectivity index (χ1) is 12.1. The van der Waals surface area contributed by atoms with Crippen LogP contribution in [0, 0.1) is 0 Å². The largest absolute Gasteiger partial charge is 0.507 e. The van der Waals surface area contributed by atoms with Crippen molar-refractivity contribution in [3.05, 3.63) is 64.6 Å². The Bertz CT molecular complexity index is 828. The molecule has 2 aromatic rings. The van der Waals surface area contributed by atoms with Gasteiger partial charge in [-0.2, -0.15) is 0 Å². The normalized spacial score (nSPS) is 16.0. The molecular weight excluding hydrogens is 350 g/mol. The summed E-state index contributed by atoms with van der Waals surface area (Å²) in [5.74, 6) is -0.00685. The number of amides is 1. The zero-order valence-corrected chi connectivity index (χ0v) is 15.6. The highest BCUT2D eigenvalue weighted by atomic mass is 32.2. The van der Waals surface area contributed by atoms with Crippen LogP contribution in [-0.4, -0.2) is 15.3 Å². The Labute approximate surface area is 157 Å². The Morgan fingerprint density at radius 3 is 2.56 bits per heavy atom. The smallest absolute Gasteiger partial charge is 0.270 e. The highest BCUT2D eigenvalue weighted by molar-refractivity contribution is 8.27. The van der Waals surface area contributed by atoms with Crippen LogP contribution in [0.1, 0.15) is 30.9 Å². The zero-order chi connectivity index (χ0) is 17.8. The summed E-state index contributed by atoms with van der Waals surface area (Å²) >= 11 is 6.65. The molecule has 0 bridgehead atoms. The van der Waals surface area contributed by atoms with E-state index in [-0.39, 0.29) is 11.7 Å². The van der Waals surface area contributed by atoms with Crippen molar-refractivity contribution >= 4 is 46.0 Å². The van der Waals surface area contributed by atoms with Crippen molar-refractivity contribution in [3.63, 3.8) is 0 Å². The van der Waals surface area contributed by atoms with Gasteiger partial charge in [0, 0.05) is 5.56 Å². The maximum Gasteiger partial charge on any atom is 0.270 e. The summed E-state index contributed by atoms with van der Waals surface area (Å²) in [7, 11) is 0. The van der Waals surface area contributed by atoms with Gasteiger partial charge in [-0.1, -0.05) is 67.7 Å². The van der Waals surface area contributed by atoms with Gasteiger partial charge >= 0.3 is 0 Å². The monoisotopic (exact) mass is 369 g/mol. The number of anilines is 1. The first-order valence-electron chi connectivity index (χ1n) is 8.25. The summed E-state index contributed by atoms with van der Waals surface area (Å²) in [5.41, 5.74) is 2.65. The predicted octanol–water partition coefficient (Wildman–Crippen LogP) is 5.14. The van der Waals surface area contributed by atoms with Crippen molar-refractivity contribution in [1.29, 1.82) is 0 Å². The quantitative estimate of drug-likeness (QED) is 0.585. The fraction of sp³-hybridized carbons (Fsp3) is 0.200. The number of hydrogen-bond acceptors (Lipinski definition) is 4. The molecule has 5 heteroatoms. The Morgan fingerprint density at radius 2 is 1.88 bits per heavy atom. The highest BCUT2D eigenvalue weighted by Crippen LogP contribution is 2.37. The molecule has 128 valence electrons. The minimum Gasteiger partial charge on any atom is -0.507 e. The molecule has 0 aromatic heterocycles. The SMILES string of the molecule is CCCCc1ccc(N2C(=O)C(=Cc3ccccc3O)SC2=S)cc1. The lowest BCUT2D eigenvalue weighted by Gasteiger charge is -2.15. The molecule has 1 N–H and O–H groups in total. The fourth-order valence-corrected chi connectivity index (χ4v) is 3.92. The molecule has 1 saturated heterocycles. The van der Waals surface area contributed by atoms with Gasteiger partial charge in [0.05, 0.1) is 10.6 Å². The van der Waals surface area contributed by atoms with E-state index in [1.165, 1.54) is 17.3 Å². The highest BCUT2D eigenvalue weighted by Gasteiger charge is 2.33. The van der Waals surface area contributed by atoms with Gasteiger partial charge in [0.15, 0.2) is 4.32 Å². The van der Waals surface area contributed by atoms with Crippen molar-refractivity contribution in [2.45, 2.75) is 26.2 Å². The number of hydrogen-bond donors (Lipinski definition) is 1. The van der Waals surface area contributed by atoms with Crippen molar-refractivity contribution in [2.24, 2.45) is 0 Å². The van der Waals surface area contributed by atoms with Crippen LogP contribution < -0.4 is 4.90 Å². The Hall–Kier alpha value is -2.11. The first kappa shape index (κ1) is 17.7. The van der Waals surface area contributed by atoms with E-state index < -0.39 is 0 Å². The maximum absolute atomic E-state index is 12.8. The van der Waals surface area contributed by atoms with Gasteiger partial charge in [-0.25, -0.2) is 0 Å². The van der Waals surface area contributed by atoms with Crippen LogP contribution in [0.15, 0.2) is 53.4 Å². The van der Waals surface area contributed by atoms with E-state index in [4.69, 9.17) is 12.2 Å². The predicted molar refractivity (Wildman–Crippen MR) is 109 cm³/mol. The molecule has 3 nitrogen and oxygen atoms in total. The summed E-state index contributed by atoms with van der Waals surface area (Å²) in [6.45, 7) is 2.17. The van der Waals surface area contributed by atoms with Gasteiger partial charge in [0.2, 0.25) is 0 Å². The Balaban J connectivity index is 1.83. The van der Waals surface area contributed by atoms with Crippen LogP contribution in [0.5, 0.6) is 5.75 Å². The molecule has 0 aliphatic carbocycles. The number of benzene rings is 2. The Kier molecular flexibility index (Phi) is 5.56. The number of thiocarbonyl (C=S) groups is 1. The minimum atomic E-state index is -0.153. The van der Waals surface area contributed by atoms with Crippen molar-refractivity contribution in [3.8, 4) is 5.75 Å². The number of aryl methyl sites for hydroxylation is 1. The lowest BCUT2D eigenvalue weighted by Crippen LogP contribution is -2.27. The van der Waals surface area contributed by atoms with Crippen molar-refractivity contribution in [2.75, 3.05) is 4.90 Å². The number of para-hydroxylation sites is 1. The van der Waals surface area contributed by atoms with Gasteiger partial charge < -0.3 is 5.11 Å². The second kappa shape index (κ2) is 7.85. The molecule has 1 aliphatic heterocycles. The molecule has 1 aliphatic rings. The van der Waals surface area contributed by atoms with Crippen LogP contribution in [-0.2, 0) is 11.2 Å². The minimum absolute atomic E-state index is 0.146. The lowest BCUT2D eigenvalue weighted by molar-refractivity contribution is -0.113. The molecule has 0 radical (unpaired) electrons. The number of carbonyl (C=O) groups excluding carboxylic acids is 1. The Morgan fingerprint density at radius 1 is 1.16 bits per heavy atom. The number of phenolic OH excluding ortho intramolecular Hbond substituents is 1. The summed E-state index contributed by atoms with van der Waals surface area (Å²) in [4.78, 5) is 14.8. The number of thioether (sulfide) groups is 1. The van der Waals surface area contributed by atoms with Crippen LogP contribution in [0.2, 0.25) is 0 Å². The van der Waals surface area contributed by atoms with Gasteiger partial charge in [0.25, 0.3) is 5.91 Å². The molecule has 0 unspecified atom stereocenters. The third kappa shape index (κ3) is 3.94. The molecule has 1 fully saturated rings. The molecular formula is C20H19NO2S2. The van der Waals surface area contributed by atoms with Crippen LogP contribution >= 0.6 is 24.0 Å². The summed E-state index contributed by atoms with van der Waals surface area (Å²) in [5, 5.41) is 9.90. The molecule has 0 spiro atoms. The van der Waals surface area contributed by atoms with Gasteiger partial charge in [-0.05, 0) is 42.7 Å². The number of nitrogens with zero attached hydrogens (tertiary/aromatic N) is 1. The third-order valence-electron chi connectivity index (χ3n) is 4.03. The molecule has 1 heterocycles. The molecule has 3 rings (SSSR count). The molecule has 1 amide bonds. The standard InChI is InChI=1S/C20H19NO2S2/c1-2-3-6-14-9-11-16(12-10-14)21-19(23)18(25-20(21)24)13-15-7-4-5-8-17(15)22/h4-5,7-13,22H,2-3,6H2,1H3. The maximum atomic E-state index is 12.8. The topological polar surface area (TPSA) is 40.5 Å². The second-order valence-electron chi connectivity index (χ2n) is 5.85. The lowest BCUT2D eigenvalue weighted by atomic mass is 10.1. The second-order valence-corrected chi connectivity index (χ2v) is 7.52. The number of unbranched alkanes of at least 4 members (excludes halogenated alkanes) is 1. The number of aromatic hydroxyl groups is 1. The van der Waals surface area contributed by atoms with Crippen molar-refractivity contribution in [1.82, 2.24) is 0 Å². The van der Waals surface area contributed by atoms with E-state index in [2.05, 4.69) is 19.1 Å². The fourth-order valence-electron chi connectivity index (χ4n) is 2.63. The number of phenols is 1. The van der Waals surface area contributed by atoms with E-state index in [1.54, 1.807) is 29.2 Å². The van der Waals surface area contributed by atoms with E-state index in [1.807, 2.05) is 18.2 Å². The zero-order valence-electron chi connectivity index (χ0n) is 13.9. The summed E-state index contributed by atoms with van der Waals surface area (Å²) in [6.07, 6.45) is 5.05. The third-order valence-corrected chi connectivity index (χ3v) is 5.33. The van der Waals surface area contributed by atoms with E-state index in [9.17, 15) is 9.90 Å². The average molecular weight is 370 g/mol. The van der Waals surface area contributed by atoms with Crippen LogP contribution in [0.25, 0.3) is 6.08 Å². The van der Waals surface area contributed by atoms with Crippen LogP contribution in [0.4, 0.5) is 5.69 Å². The summed E-state index contributed by atoms with van der Waals surface area (Å²) in [6, 6.07) is 14.9. The van der Waals surface area contributed by atoms with E-state index in [0.29, 0.717) is 14.8 Å². The molecule has 0 saturated carbocycles. The number of rotatable bonds is 5. The average Bonchev–Trinajstić information content (AvgIpc) is 2.89. The van der Waals surface area contributed by atoms with Gasteiger partial charge in [-0.15, -0.1) is 0 Å². The van der Waals surface area contributed by atoms with Crippen molar-refractivity contribution < 1.29 is 9.90 Å².